The van der Waals surface area contributed by atoms with Crippen molar-refractivity contribution in [1.82, 2.24) is 9.80 Å². The highest BCUT2D eigenvalue weighted by atomic mass is 32.1. The third-order valence-corrected chi connectivity index (χ3v) is 6.86. The van der Waals surface area contributed by atoms with Crippen LogP contribution in [0, 0.1) is 0 Å². The number of carbonyl (C=O) groups is 1. The molecule has 1 saturated heterocycles. The number of thiophene rings is 1. The van der Waals surface area contributed by atoms with E-state index >= 15 is 0 Å². The van der Waals surface area contributed by atoms with Crippen LogP contribution in [-0.2, 0) is 19.6 Å². The quantitative estimate of drug-likeness (QED) is 0.639. The third-order valence-electron chi connectivity index (χ3n) is 5.83. The molecule has 0 bridgehead atoms. The van der Waals surface area contributed by atoms with Gasteiger partial charge in [-0.05, 0) is 47.2 Å². The molecule has 0 aliphatic carbocycles. The minimum absolute atomic E-state index is 0.0969. The van der Waals surface area contributed by atoms with Gasteiger partial charge in [0, 0.05) is 42.7 Å². The van der Waals surface area contributed by atoms with Gasteiger partial charge in [0.05, 0.1) is 0 Å². The van der Waals surface area contributed by atoms with E-state index in [0.717, 1.165) is 43.9 Å². The van der Waals surface area contributed by atoms with Crippen LogP contribution in [0.3, 0.4) is 0 Å². The fraction of sp³-hybridized carbons (Fsp3) is 0.292. The molecule has 5 heteroatoms. The third kappa shape index (κ3) is 3.93. The molecule has 0 unspecified atom stereocenters. The predicted molar refractivity (Wildman–Crippen MR) is 115 cm³/mol. The van der Waals surface area contributed by atoms with E-state index in [-0.39, 0.29) is 5.91 Å². The lowest BCUT2D eigenvalue weighted by Gasteiger charge is -2.46. The van der Waals surface area contributed by atoms with E-state index in [1.807, 2.05) is 70.8 Å². The summed E-state index contributed by atoms with van der Waals surface area (Å²) in [6.45, 7) is 4.25. The average molecular weight is 405 g/mol. The molecule has 0 atom stereocenters. The molecule has 0 N–H and O–H groups in total. The highest BCUT2D eigenvalue weighted by molar-refractivity contribution is 7.10. The van der Waals surface area contributed by atoms with E-state index in [9.17, 15) is 4.79 Å². The summed E-state index contributed by atoms with van der Waals surface area (Å²) in [5.74, 6) is 0.831. The van der Waals surface area contributed by atoms with Gasteiger partial charge in [0.25, 0.3) is 5.91 Å². The number of fused-ring (bicyclic) bond motifs is 1. The molecule has 1 aromatic heterocycles. The SMILES string of the molecule is O=C(c1cccc(OCc2ccccc2)c1)N1CC(N2CCc3sccc3C2)C1. The minimum Gasteiger partial charge on any atom is -0.489 e. The van der Waals surface area contributed by atoms with Crippen LogP contribution in [0.4, 0.5) is 0 Å². The number of hydrogen-bond acceptors (Lipinski definition) is 4. The summed E-state index contributed by atoms with van der Waals surface area (Å²) in [4.78, 5) is 18.9. The van der Waals surface area contributed by atoms with E-state index < -0.39 is 0 Å². The van der Waals surface area contributed by atoms with Crippen molar-refractivity contribution in [3.63, 3.8) is 0 Å². The summed E-state index contributed by atoms with van der Waals surface area (Å²) in [5, 5.41) is 2.19. The Morgan fingerprint density at radius 3 is 2.79 bits per heavy atom. The summed E-state index contributed by atoms with van der Waals surface area (Å²) < 4.78 is 5.88. The maximum Gasteiger partial charge on any atom is 0.254 e. The van der Waals surface area contributed by atoms with Crippen molar-refractivity contribution in [2.75, 3.05) is 19.6 Å². The van der Waals surface area contributed by atoms with Gasteiger partial charge in [-0.15, -0.1) is 11.3 Å². The minimum atomic E-state index is 0.0969. The first-order chi connectivity index (χ1) is 14.3. The van der Waals surface area contributed by atoms with Crippen LogP contribution in [0.2, 0.25) is 0 Å². The Labute approximate surface area is 175 Å². The van der Waals surface area contributed by atoms with Gasteiger partial charge in [-0.2, -0.15) is 0 Å². The molecule has 3 aromatic rings. The first-order valence-electron chi connectivity index (χ1n) is 10.1. The van der Waals surface area contributed by atoms with Crippen molar-refractivity contribution in [2.45, 2.75) is 25.6 Å². The largest absolute Gasteiger partial charge is 0.489 e. The van der Waals surface area contributed by atoms with Crippen LogP contribution in [-0.4, -0.2) is 41.4 Å². The number of ether oxygens (including phenoxy) is 1. The Bertz CT molecular complexity index is 995. The number of carbonyl (C=O) groups excluding carboxylic acids is 1. The Balaban J connectivity index is 1.17. The van der Waals surface area contributed by atoms with Crippen molar-refractivity contribution in [3.8, 4) is 5.75 Å². The molecule has 0 spiro atoms. The molecule has 2 aliphatic heterocycles. The van der Waals surface area contributed by atoms with Crippen molar-refractivity contribution in [3.05, 3.63) is 87.6 Å². The summed E-state index contributed by atoms with van der Waals surface area (Å²) in [6.07, 6.45) is 1.14. The van der Waals surface area contributed by atoms with Crippen molar-refractivity contribution < 1.29 is 9.53 Å². The second kappa shape index (κ2) is 8.01. The first kappa shape index (κ1) is 18.4. The smallest absolute Gasteiger partial charge is 0.254 e. The van der Waals surface area contributed by atoms with Gasteiger partial charge in [-0.3, -0.25) is 9.69 Å². The monoisotopic (exact) mass is 404 g/mol. The zero-order valence-electron chi connectivity index (χ0n) is 16.3. The molecule has 4 nitrogen and oxygen atoms in total. The van der Waals surface area contributed by atoms with Crippen molar-refractivity contribution >= 4 is 17.2 Å². The summed E-state index contributed by atoms with van der Waals surface area (Å²) >= 11 is 1.87. The second-order valence-corrected chi connectivity index (χ2v) is 8.76. The molecule has 29 heavy (non-hydrogen) atoms. The van der Waals surface area contributed by atoms with Crippen LogP contribution in [0.5, 0.6) is 5.75 Å². The van der Waals surface area contributed by atoms with E-state index in [0.29, 0.717) is 18.2 Å². The molecular formula is C24H24N2O2S. The topological polar surface area (TPSA) is 32.8 Å². The van der Waals surface area contributed by atoms with Crippen LogP contribution in [0.15, 0.2) is 66.0 Å². The lowest BCUT2D eigenvalue weighted by Crippen LogP contribution is -2.61. The molecule has 1 amide bonds. The van der Waals surface area contributed by atoms with Gasteiger partial charge in [0.2, 0.25) is 0 Å². The number of likely N-dealkylation sites (tertiary alicyclic amines) is 1. The van der Waals surface area contributed by atoms with Gasteiger partial charge in [-0.25, -0.2) is 0 Å². The van der Waals surface area contributed by atoms with Gasteiger partial charge < -0.3 is 9.64 Å². The van der Waals surface area contributed by atoms with Crippen LogP contribution >= 0.6 is 11.3 Å². The molecular weight excluding hydrogens is 380 g/mol. The lowest BCUT2D eigenvalue weighted by molar-refractivity contribution is 0.0220. The fourth-order valence-corrected chi connectivity index (χ4v) is 4.97. The van der Waals surface area contributed by atoms with Gasteiger partial charge >= 0.3 is 0 Å². The van der Waals surface area contributed by atoms with Gasteiger partial charge in [-0.1, -0.05) is 36.4 Å². The normalized spacial score (nSPS) is 16.9. The highest BCUT2D eigenvalue weighted by Gasteiger charge is 2.36. The first-order valence-corrected chi connectivity index (χ1v) is 11.0. The number of nitrogens with zero attached hydrogens (tertiary/aromatic N) is 2. The number of hydrogen-bond donors (Lipinski definition) is 0. The number of benzene rings is 2. The second-order valence-electron chi connectivity index (χ2n) is 7.76. The molecule has 0 radical (unpaired) electrons. The van der Waals surface area contributed by atoms with Crippen LogP contribution in [0.1, 0.15) is 26.4 Å². The van der Waals surface area contributed by atoms with Gasteiger partial charge in [0.15, 0.2) is 0 Å². The maximum absolute atomic E-state index is 12.9. The Kier molecular flexibility index (Phi) is 5.08. The average Bonchev–Trinajstić information content (AvgIpc) is 3.20. The molecule has 0 saturated carbocycles. The van der Waals surface area contributed by atoms with Crippen molar-refractivity contribution in [1.29, 1.82) is 0 Å². The lowest BCUT2D eigenvalue weighted by atomic mass is 10.0. The van der Waals surface area contributed by atoms with Crippen molar-refractivity contribution in [2.24, 2.45) is 0 Å². The summed E-state index contributed by atoms with van der Waals surface area (Å²) in [6, 6.07) is 20.3. The highest BCUT2D eigenvalue weighted by Crippen LogP contribution is 2.28. The van der Waals surface area contributed by atoms with E-state index in [1.165, 1.54) is 10.4 Å². The van der Waals surface area contributed by atoms with Crippen LogP contribution < -0.4 is 4.74 Å². The summed E-state index contributed by atoms with van der Waals surface area (Å²) in [5.41, 5.74) is 3.28. The molecule has 3 heterocycles. The van der Waals surface area contributed by atoms with E-state index in [4.69, 9.17) is 4.74 Å². The van der Waals surface area contributed by atoms with E-state index in [1.54, 1.807) is 0 Å². The molecule has 2 aliphatic rings. The summed E-state index contributed by atoms with van der Waals surface area (Å²) in [7, 11) is 0. The molecule has 148 valence electrons. The maximum atomic E-state index is 12.9. The fourth-order valence-electron chi connectivity index (χ4n) is 4.08. The Morgan fingerprint density at radius 2 is 1.93 bits per heavy atom. The molecule has 2 aromatic carbocycles. The van der Waals surface area contributed by atoms with E-state index in [2.05, 4.69) is 16.3 Å². The molecule has 1 fully saturated rings. The Hall–Kier alpha value is -2.63. The molecule has 5 rings (SSSR count). The number of rotatable bonds is 5. The zero-order valence-corrected chi connectivity index (χ0v) is 17.1. The predicted octanol–water partition coefficient (Wildman–Crippen LogP) is 4.21. The van der Waals surface area contributed by atoms with Crippen LogP contribution in [0.25, 0.3) is 0 Å². The zero-order chi connectivity index (χ0) is 19.6. The standard InChI is InChI=1S/C24H24N2O2S/c27-24(19-7-4-8-22(13-19)28-17-18-5-2-1-3-6-18)26-15-21(16-26)25-11-9-23-20(14-25)10-12-29-23/h1-8,10,12-13,21H,9,11,14-17H2. The van der Waals surface area contributed by atoms with Gasteiger partial charge in [0.1, 0.15) is 12.4 Å². The number of amides is 1. The Morgan fingerprint density at radius 1 is 1.07 bits per heavy atom.